The molecule has 1 aromatic rings. The first-order valence-corrected chi connectivity index (χ1v) is 11.6. The monoisotopic (exact) mass is 478 g/mol. The van der Waals surface area contributed by atoms with Crippen LogP contribution in [-0.2, 0) is 14.6 Å². The number of amidine groups is 1. The van der Waals surface area contributed by atoms with Crippen LogP contribution in [0.25, 0.3) is 0 Å². The third kappa shape index (κ3) is 3.65. The molecule has 3 atom stereocenters. The molecule has 0 aromatic heterocycles. The Hall–Kier alpha value is -0.610. The molecule has 1 aromatic carbocycles. The molecule has 2 aliphatic heterocycles. The van der Waals surface area contributed by atoms with E-state index >= 15 is 0 Å². The molecule has 24 heavy (non-hydrogen) atoms. The number of thioether (sulfide) groups is 1. The first kappa shape index (κ1) is 18.2. The summed E-state index contributed by atoms with van der Waals surface area (Å²) in [6.45, 7) is 3.83. The lowest BCUT2D eigenvalue weighted by Gasteiger charge is -2.24. The molecule has 0 aliphatic carbocycles. The van der Waals surface area contributed by atoms with Crippen LogP contribution in [0.2, 0.25) is 0 Å². The topological polar surface area (TPSA) is 66.8 Å². The van der Waals surface area contributed by atoms with Gasteiger partial charge in [0.15, 0.2) is 15.0 Å². The molecule has 0 bridgehead atoms. The maximum absolute atomic E-state index is 12.3. The Morgan fingerprint density at radius 3 is 2.88 bits per heavy atom. The van der Waals surface area contributed by atoms with E-state index in [4.69, 9.17) is 0 Å². The predicted octanol–water partition coefficient (Wildman–Crippen LogP) is 2.94. The van der Waals surface area contributed by atoms with Crippen LogP contribution in [0.4, 0.5) is 5.69 Å². The minimum atomic E-state index is -3.03. The van der Waals surface area contributed by atoms with Crippen molar-refractivity contribution in [3.8, 4) is 0 Å². The number of carbonyl (C=O) groups excluding carboxylic acids is 1. The number of hydrogen-bond donors (Lipinski definition) is 0. The normalized spacial score (nSPS) is 28.1. The van der Waals surface area contributed by atoms with E-state index in [1.807, 2.05) is 43.0 Å². The molecule has 0 N–H and O–H groups in total. The summed E-state index contributed by atoms with van der Waals surface area (Å²) in [5.41, 5.74) is 0.898. The number of aliphatic imine (C=N–C) groups is 1. The number of benzene rings is 1. The standard InChI is InChI=1S/C16H19IN2O3S2/c1-3-10(2)15(20)18-16-19(12-6-4-5-11(17)7-12)13-8-24(21,22)9-14(13)23-16/h4-7,10,13-14H,3,8-9H2,1-2H3/t10-,13+,14+/m0/s1. The van der Waals surface area contributed by atoms with Crippen LogP contribution in [0, 0.1) is 9.49 Å². The van der Waals surface area contributed by atoms with Gasteiger partial charge in [-0.25, -0.2) is 8.42 Å². The van der Waals surface area contributed by atoms with Gasteiger partial charge < -0.3 is 4.90 Å². The fraction of sp³-hybridized carbons (Fsp3) is 0.500. The second kappa shape index (κ2) is 6.95. The van der Waals surface area contributed by atoms with Crippen LogP contribution in [0.3, 0.4) is 0 Å². The second-order valence-electron chi connectivity index (χ2n) is 6.19. The van der Waals surface area contributed by atoms with E-state index in [9.17, 15) is 13.2 Å². The first-order valence-electron chi connectivity index (χ1n) is 7.85. The van der Waals surface area contributed by atoms with Crippen molar-refractivity contribution in [3.63, 3.8) is 0 Å². The molecule has 3 rings (SSSR count). The highest BCUT2D eigenvalue weighted by Crippen LogP contribution is 2.41. The molecule has 0 unspecified atom stereocenters. The molecule has 130 valence electrons. The number of hydrogen-bond acceptors (Lipinski definition) is 4. The lowest BCUT2D eigenvalue weighted by Crippen LogP contribution is -2.37. The molecule has 2 saturated heterocycles. The Morgan fingerprint density at radius 1 is 1.46 bits per heavy atom. The molecule has 5 nitrogen and oxygen atoms in total. The van der Waals surface area contributed by atoms with Crippen LogP contribution in [0.1, 0.15) is 20.3 Å². The van der Waals surface area contributed by atoms with Gasteiger partial charge in [0.2, 0.25) is 0 Å². The molecule has 8 heteroatoms. The summed E-state index contributed by atoms with van der Waals surface area (Å²) in [5.74, 6) is 0.00454. The number of fused-ring (bicyclic) bond motifs is 1. The molecule has 0 saturated carbocycles. The molecule has 0 radical (unpaired) electrons. The lowest BCUT2D eigenvalue weighted by molar-refractivity contribution is -0.121. The van der Waals surface area contributed by atoms with Crippen LogP contribution in [0.5, 0.6) is 0 Å². The predicted molar refractivity (Wildman–Crippen MR) is 107 cm³/mol. The maximum Gasteiger partial charge on any atom is 0.250 e. The van der Waals surface area contributed by atoms with E-state index in [-0.39, 0.29) is 34.6 Å². The van der Waals surface area contributed by atoms with Gasteiger partial charge in [-0.2, -0.15) is 4.99 Å². The van der Waals surface area contributed by atoms with Gasteiger partial charge in [0, 0.05) is 20.4 Å². The number of rotatable bonds is 3. The zero-order valence-corrected chi connectivity index (χ0v) is 17.3. The minimum absolute atomic E-state index is 0.0589. The molecule has 2 aliphatic rings. The largest absolute Gasteiger partial charge is 0.316 e. The average Bonchev–Trinajstić information content (AvgIpc) is 2.97. The Balaban J connectivity index is 2.00. The number of sulfone groups is 1. The van der Waals surface area contributed by atoms with Crippen molar-refractivity contribution in [2.75, 3.05) is 16.4 Å². The van der Waals surface area contributed by atoms with Gasteiger partial charge in [-0.15, -0.1) is 0 Å². The quantitative estimate of drug-likeness (QED) is 0.626. The van der Waals surface area contributed by atoms with Crippen molar-refractivity contribution in [1.82, 2.24) is 0 Å². The number of nitrogens with zero attached hydrogens (tertiary/aromatic N) is 2. The van der Waals surface area contributed by atoms with Crippen molar-refractivity contribution in [2.24, 2.45) is 10.9 Å². The van der Waals surface area contributed by atoms with Gasteiger partial charge in [0.25, 0.3) is 5.91 Å². The van der Waals surface area contributed by atoms with Gasteiger partial charge in [0.05, 0.1) is 17.5 Å². The zero-order chi connectivity index (χ0) is 17.5. The van der Waals surface area contributed by atoms with Gasteiger partial charge >= 0.3 is 0 Å². The molecule has 0 spiro atoms. The zero-order valence-electron chi connectivity index (χ0n) is 13.5. The van der Waals surface area contributed by atoms with Crippen LogP contribution in [0.15, 0.2) is 29.3 Å². The molecule has 2 fully saturated rings. The van der Waals surface area contributed by atoms with Gasteiger partial charge in [-0.1, -0.05) is 31.7 Å². The number of carbonyl (C=O) groups is 1. The Labute approximate surface area is 160 Å². The minimum Gasteiger partial charge on any atom is -0.316 e. The molecule has 2 heterocycles. The fourth-order valence-corrected chi connectivity index (χ4v) is 7.32. The number of halogens is 1. The van der Waals surface area contributed by atoms with Crippen LogP contribution < -0.4 is 4.90 Å². The third-order valence-electron chi connectivity index (χ3n) is 4.39. The van der Waals surface area contributed by atoms with Crippen molar-refractivity contribution < 1.29 is 13.2 Å². The first-order chi connectivity index (χ1) is 11.3. The highest BCUT2D eigenvalue weighted by Gasteiger charge is 2.49. The van der Waals surface area contributed by atoms with Gasteiger partial charge in [0.1, 0.15) is 0 Å². The van der Waals surface area contributed by atoms with E-state index in [0.717, 1.165) is 15.7 Å². The van der Waals surface area contributed by atoms with Crippen molar-refractivity contribution >= 4 is 61.0 Å². The Morgan fingerprint density at radius 2 is 2.21 bits per heavy atom. The summed E-state index contributed by atoms with van der Waals surface area (Å²) < 4.78 is 25.1. The number of anilines is 1. The average molecular weight is 478 g/mol. The van der Waals surface area contributed by atoms with E-state index in [0.29, 0.717) is 5.17 Å². The Bertz CT molecular complexity index is 794. The highest BCUT2D eigenvalue weighted by atomic mass is 127. The fourth-order valence-electron chi connectivity index (χ4n) is 2.87. The molecular weight excluding hydrogens is 459 g/mol. The third-order valence-corrected chi connectivity index (χ3v) is 8.27. The SMILES string of the molecule is CC[C@H](C)C(=O)N=C1S[C@@H]2CS(=O)(=O)C[C@H]2N1c1cccc(I)c1. The van der Waals surface area contributed by atoms with E-state index in [1.54, 1.807) is 0 Å². The number of amides is 1. The second-order valence-corrected chi connectivity index (χ2v) is 10.8. The van der Waals surface area contributed by atoms with Crippen LogP contribution >= 0.6 is 34.4 Å². The maximum atomic E-state index is 12.3. The molecule has 1 amide bonds. The van der Waals surface area contributed by atoms with E-state index < -0.39 is 9.84 Å². The van der Waals surface area contributed by atoms with Crippen molar-refractivity contribution in [2.45, 2.75) is 31.6 Å². The van der Waals surface area contributed by atoms with Gasteiger partial charge in [-0.05, 0) is 47.2 Å². The highest BCUT2D eigenvalue weighted by molar-refractivity contribution is 14.1. The van der Waals surface area contributed by atoms with E-state index in [2.05, 4.69) is 27.6 Å². The summed E-state index contributed by atoms with van der Waals surface area (Å²) in [5, 5.41) is 0.573. The van der Waals surface area contributed by atoms with Crippen molar-refractivity contribution in [1.29, 1.82) is 0 Å². The summed E-state index contributed by atoms with van der Waals surface area (Å²) in [6.07, 6.45) is 0.741. The smallest absolute Gasteiger partial charge is 0.250 e. The summed E-state index contributed by atoms with van der Waals surface area (Å²) in [4.78, 5) is 18.6. The lowest BCUT2D eigenvalue weighted by atomic mass is 10.1. The van der Waals surface area contributed by atoms with Crippen molar-refractivity contribution in [3.05, 3.63) is 27.8 Å². The van der Waals surface area contributed by atoms with Crippen LogP contribution in [-0.4, -0.2) is 42.3 Å². The Kier molecular flexibility index (Phi) is 5.27. The summed E-state index contributed by atoms with van der Waals surface area (Å²) in [7, 11) is -3.03. The summed E-state index contributed by atoms with van der Waals surface area (Å²) >= 11 is 3.65. The summed E-state index contributed by atoms with van der Waals surface area (Å²) in [6, 6.07) is 7.71. The van der Waals surface area contributed by atoms with E-state index in [1.165, 1.54) is 11.8 Å². The molecular formula is C16H19IN2O3S2. The van der Waals surface area contributed by atoms with Gasteiger partial charge in [-0.3, -0.25) is 4.79 Å².